The van der Waals surface area contributed by atoms with Crippen molar-refractivity contribution in [2.45, 2.75) is 63.5 Å². The fraction of sp³-hybridized carbons (Fsp3) is 0.579. The molecule has 0 radical (unpaired) electrons. The Balaban J connectivity index is 1.68. The number of rotatable bonds is 8. The average Bonchev–Trinajstić information content (AvgIpc) is 3.48. The van der Waals surface area contributed by atoms with Gasteiger partial charge in [-0.05, 0) is 50.3 Å². The van der Waals surface area contributed by atoms with Gasteiger partial charge in [-0.2, -0.15) is 13.2 Å². The van der Waals surface area contributed by atoms with E-state index in [1.54, 1.807) is 16.7 Å². The zero-order valence-electron chi connectivity index (χ0n) is 15.1. The molecule has 1 aromatic carbocycles. The minimum atomic E-state index is -4.39. The lowest BCUT2D eigenvalue weighted by molar-refractivity contribution is -0.145. The monoisotopic (exact) mass is 384 g/mol. The zero-order valence-corrected chi connectivity index (χ0v) is 15.1. The van der Waals surface area contributed by atoms with E-state index in [1.807, 2.05) is 0 Å². The molecule has 3 rings (SSSR count). The van der Waals surface area contributed by atoms with Gasteiger partial charge in [0.2, 0.25) is 5.91 Å². The highest BCUT2D eigenvalue weighted by Gasteiger charge is 2.39. The summed E-state index contributed by atoms with van der Waals surface area (Å²) < 4.78 is 38.1. The molecule has 1 atom stereocenters. The predicted octanol–water partition coefficient (Wildman–Crippen LogP) is 3.13. The molecule has 27 heavy (non-hydrogen) atoms. The van der Waals surface area contributed by atoms with Gasteiger partial charge in [-0.15, -0.1) is 0 Å². The SMILES string of the molecule is CC(C(=O)O)N(CC(=O)N(Cc1ccc(C(F)(F)F)cc1)C1CC1)C1CC1. The summed E-state index contributed by atoms with van der Waals surface area (Å²) in [6.45, 7) is 1.84. The first-order valence-electron chi connectivity index (χ1n) is 9.11. The summed E-state index contributed by atoms with van der Waals surface area (Å²) in [6.07, 6.45) is -0.892. The molecule has 1 unspecified atom stereocenters. The standard InChI is InChI=1S/C19H23F3N2O3/c1-12(18(26)27)23(15-6-7-15)11-17(25)24(16-8-9-16)10-13-2-4-14(5-3-13)19(20,21)22/h2-5,12,15-16H,6-11H2,1H3,(H,26,27). The molecule has 0 spiro atoms. The molecule has 0 aromatic heterocycles. The second-order valence-corrected chi connectivity index (χ2v) is 7.37. The van der Waals surface area contributed by atoms with Gasteiger partial charge in [-0.3, -0.25) is 14.5 Å². The Bertz CT molecular complexity index is 697. The maximum atomic E-state index is 12.8. The van der Waals surface area contributed by atoms with E-state index < -0.39 is 23.8 Å². The van der Waals surface area contributed by atoms with Crippen molar-refractivity contribution in [1.29, 1.82) is 0 Å². The van der Waals surface area contributed by atoms with E-state index in [9.17, 15) is 27.9 Å². The smallest absolute Gasteiger partial charge is 0.416 e. The Morgan fingerprint density at radius 2 is 1.67 bits per heavy atom. The molecule has 5 nitrogen and oxygen atoms in total. The molecule has 1 N–H and O–H groups in total. The van der Waals surface area contributed by atoms with Crippen molar-refractivity contribution in [3.8, 4) is 0 Å². The van der Waals surface area contributed by atoms with Crippen molar-refractivity contribution < 1.29 is 27.9 Å². The van der Waals surface area contributed by atoms with Crippen molar-refractivity contribution >= 4 is 11.9 Å². The van der Waals surface area contributed by atoms with Gasteiger partial charge < -0.3 is 10.0 Å². The number of carboxylic acids is 1. The van der Waals surface area contributed by atoms with Crippen LogP contribution in [0.2, 0.25) is 0 Å². The molecular formula is C19H23F3N2O3. The van der Waals surface area contributed by atoms with Crippen LogP contribution >= 0.6 is 0 Å². The van der Waals surface area contributed by atoms with E-state index >= 15 is 0 Å². The van der Waals surface area contributed by atoms with Crippen molar-refractivity contribution in [2.75, 3.05) is 6.54 Å². The molecule has 1 amide bonds. The van der Waals surface area contributed by atoms with Crippen LogP contribution in [-0.4, -0.2) is 51.5 Å². The van der Waals surface area contributed by atoms with Crippen LogP contribution in [0.4, 0.5) is 13.2 Å². The number of hydrogen-bond donors (Lipinski definition) is 1. The van der Waals surface area contributed by atoms with Gasteiger partial charge in [0.25, 0.3) is 0 Å². The van der Waals surface area contributed by atoms with Gasteiger partial charge in [0.1, 0.15) is 6.04 Å². The quantitative estimate of drug-likeness (QED) is 0.748. The van der Waals surface area contributed by atoms with Crippen LogP contribution in [0.3, 0.4) is 0 Å². The Labute approximate surface area is 155 Å². The van der Waals surface area contributed by atoms with E-state index in [0.717, 1.165) is 37.8 Å². The predicted molar refractivity (Wildman–Crippen MR) is 91.8 cm³/mol. The topological polar surface area (TPSA) is 60.9 Å². The molecule has 0 aliphatic heterocycles. The number of benzene rings is 1. The number of carboxylic acid groups (broad SMARTS) is 1. The van der Waals surface area contributed by atoms with Crippen molar-refractivity contribution in [3.05, 3.63) is 35.4 Å². The lowest BCUT2D eigenvalue weighted by atomic mass is 10.1. The number of carbonyl (C=O) groups is 2. The Kier molecular flexibility index (Phi) is 5.46. The molecule has 0 bridgehead atoms. The summed E-state index contributed by atoms with van der Waals surface area (Å²) >= 11 is 0. The second-order valence-electron chi connectivity index (χ2n) is 7.37. The largest absolute Gasteiger partial charge is 0.480 e. The third-order valence-corrected chi connectivity index (χ3v) is 5.13. The first-order chi connectivity index (χ1) is 12.7. The molecule has 1 aromatic rings. The zero-order chi connectivity index (χ0) is 19.8. The lowest BCUT2D eigenvalue weighted by Gasteiger charge is -2.30. The van der Waals surface area contributed by atoms with Gasteiger partial charge in [-0.25, -0.2) is 0 Å². The van der Waals surface area contributed by atoms with Crippen molar-refractivity contribution in [3.63, 3.8) is 0 Å². The highest BCUT2D eigenvalue weighted by Crippen LogP contribution is 2.33. The van der Waals surface area contributed by atoms with Crippen LogP contribution in [-0.2, 0) is 22.3 Å². The summed E-state index contributed by atoms with van der Waals surface area (Å²) in [5.74, 6) is -1.13. The summed E-state index contributed by atoms with van der Waals surface area (Å²) in [7, 11) is 0. The molecule has 2 aliphatic rings. The number of nitrogens with zero attached hydrogens (tertiary/aromatic N) is 2. The summed E-state index contributed by atoms with van der Waals surface area (Å²) in [6, 6.07) is 4.29. The number of alkyl halides is 3. The third kappa shape index (κ3) is 5.00. The Morgan fingerprint density at radius 1 is 1.11 bits per heavy atom. The minimum Gasteiger partial charge on any atom is -0.480 e. The number of carbonyl (C=O) groups excluding carboxylic acids is 1. The van der Waals surface area contributed by atoms with Crippen molar-refractivity contribution in [1.82, 2.24) is 9.80 Å². The normalized spacial score (nSPS) is 18.4. The van der Waals surface area contributed by atoms with Crippen molar-refractivity contribution in [2.24, 2.45) is 0 Å². The molecular weight excluding hydrogens is 361 g/mol. The summed E-state index contributed by atoms with van der Waals surface area (Å²) in [4.78, 5) is 27.5. The van der Waals surface area contributed by atoms with Crippen LogP contribution in [0.1, 0.15) is 43.7 Å². The second kappa shape index (κ2) is 7.50. The Hall–Kier alpha value is -2.09. The first kappa shape index (κ1) is 19.7. The van der Waals surface area contributed by atoms with E-state index in [1.165, 1.54) is 12.1 Å². The molecule has 2 fully saturated rings. The number of amides is 1. The van der Waals surface area contributed by atoms with Gasteiger partial charge in [0.05, 0.1) is 12.1 Å². The molecule has 148 valence electrons. The average molecular weight is 384 g/mol. The fourth-order valence-electron chi connectivity index (χ4n) is 3.18. The highest BCUT2D eigenvalue weighted by molar-refractivity contribution is 5.80. The lowest BCUT2D eigenvalue weighted by Crippen LogP contribution is -2.47. The number of hydrogen-bond acceptors (Lipinski definition) is 3. The third-order valence-electron chi connectivity index (χ3n) is 5.13. The minimum absolute atomic E-state index is 0.0231. The first-order valence-corrected chi connectivity index (χ1v) is 9.11. The number of halogens is 3. The molecule has 0 heterocycles. The van der Waals surface area contributed by atoms with E-state index in [0.29, 0.717) is 5.56 Å². The van der Waals surface area contributed by atoms with E-state index in [4.69, 9.17) is 0 Å². The molecule has 0 saturated heterocycles. The molecule has 8 heteroatoms. The van der Waals surface area contributed by atoms with Crippen LogP contribution in [0.5, 0.6) is 0 Å². The van der Waals surface area contributed by atoms with Crippen LogP contribution in [0.25, 0.3) is 0 Å². The molecule has 2 aliphatic carbocycles. The maximum Gasteiger partial charge on any atom is 0.416 e. The van der Waals surface area contributed by atoms with Gasteiger partial charge >= 0.3 is 12.1 Å². The van der Waals surface area contributed by atoms with Gasteiger partial charge in [0, 0.05) is 18.6 Å². The van der Waals surface area contributed by atoms with Crippen LogP contribution < -0.4 is 0 Å². The highest BCUT2D eigenvalue weighted by atomic mass is 19.4. The van der Waals surface area contributed by atoms with Crippen LogP contribution in [0, 0.1) is 0 Å². The van der Waals surface area contributed by atoms with Gasteiger partial charge in [-0.1, -0.05) is 12.1 Å². The van der Waals surface area contributed by atoms with E-state index in [2.05, 4.69) is 0 Å². The van der Waals surface area contributed by atoms with Gasteiger partial charge in [0.15, 0.2) is 0 Å². The summed E-state index contributed by atoms with van der Waals surface area (Å²) in [5.41, 5.74) is -0.0850. The fourth-order valence-corrected chi connectivity index (χ4v) is 3.18. The van der Waals surface area contributed by atoms with Crippen LogP contribution in [0.15, 0.2) is 24.3 Å². The summed E-state index contributed by atoms with van der Waals surface area (Å²) in [5, 5.41) is 9.27. The Morgan fingerprint density at radius 3 is 2.11 bits per heavy atom. The maximum absolute atomic E-state index is 12.8. The number of aliphatic carboxylic acids is 1. The van der Waals surface area contributed by atoms with E-state index in [-0.39, 0.29) is 31.1 Å². The molecule has 2 saturated carbocycles.